The molecule has 23 heavy (non-hydrogen) atoms. The second-order valence-corrected chi connectivity index (χ2v) is 4.12. The first-order chi connectivity index (χ1) is 10.9. The van der Waals surface area contributed by atoms with Gasteiger partial charge in [-0.1, -0.05) is 0 Å². The molecule has 0 radical (unpaired) electrons. The van der Waals surface area contributed by atoms with Crippen molar-refractivity contribution in [1.29, 1.82) is 0 Å². The molecule has 2 aromatic rings. The van der Waals surface area contributed by atoms with Gasteiger partial charge in [0.05, 0.1) is 18.4 Å². The lowest BCUT2D eigenvalue weighted by Crippen LogP contribution is -2.15. The summed E-state index contributed by atoms with van der Waals surface area (Å²) in [7, 11) is 1.16. The molecule has 0 N–H and O–H groups in total. The molecule has 0 spiro atoms. The lowest BCUT2D eigenvalue weighted by molar-refractivity contribution is -0.146. The van der Waals surface area contributed by atoms with Gasteiger partial charge in [0.25, 0.3) is 5.82 Å². The molecule has 2 rings (SSSR count). The highest BCUT2D eigenvalue weighted by Crippen LogP contribution is 2.29. The van der Waals surface area contributed by atoms with Crippen molar-refractivity contribution in [2.45, 2.75) is 6.18 Å². The van der Waals surface area contributed by atoms with E-state index in [9.17, 15) is 22.8 Å². The fourth-order valence-electron chi connectivity index (χ4n) is 1.62. The van der Waals surface area contributed by atoms with Gasteiger partial charge in [0.1, 0.15) is 5.75 Å². The van der Waals surface area contributed by atoms with E-state index in [1.54, 1.807) is 0 Å². The number of tetrazole rings is 1. The Hall–Kier alpha value is -2.98. The van der Waals surface area contributed by atoms with Crippen LogP contribution >= 0.6 is 0 Å². The Balaban J connectivity index is 2.35. The van der Waals surface area contributed by atoms with Gasteiger partial charge in [0, 0.05) is 0 Å². The number of aldehydes is 1. The third-order valence-electron chi connectivity index (χ3n) is 2.66. The summed E-state index contributed by atoms with van der Waals surface area (Å²) in [6.07, 6.45) is -4.39. The normalized spacial score (nSPS) is 11.1. The molecule has 0 atom stereocenters. The Labute approximate surface area is 126 Å². The van der Waals surface area contributed by atoms with Crippen molar-refractivity contribution in [2.24, 2.45) is 0 Å². The number of carbonyl (C=O) groups excluding carboxylic acids is 2. The molecule has 0 bridgehead atoms. The van der Waals surface area contributed by atoms with Gasteiger partial charge < -0.3 is 9.47 Å². The van der Waals surface area contributed by atoms with Crippen LogP contribution in [0, 0.1) is 0 Å². The molecule has 11 heteroatoms. The van der Waals surface area contributed by atoms with Crippen LogP contribution in [0.4, 0.5) is 13.2 Å². The highest BCUT2D eigenvalue weighted by molar-refractivity contribution is 5.81. The maximum Gasteiger partial charge on any atom is 0.453 e. The van der Waals surface area contributed by atoms with E-state index in [-0.39, 0.29) is 17.0 Å². The number of rotatable bonds is 5. The topological polar surface area (TPSA) is 96.2 Å². The van der Waals surface area contributed by atoms with E-state index < -0.39 is 24.6 Å². The zero-order valence-corrected chi connectivity index (χ0v) is 11.6. The second kappa shape index (κ2) is 6.42. The molecule has 1 aromatic carbocycles. The number of nitrogens with zero attached hydrogens (tertiary/aromatic N) is 4. The Kier molecular flexibility index (Phi) is 4.57. The van der Waals surface area contributed by atoms with Crippen LogP contribution in [0.1, 0.15) is 16.2 Å². The SMILES string of the molecule is COC(=O)COc1ccc(-n2nnnc2C(F)(F)F)cc1C=O. The standard InChI is InChI=1S/C12H9F3N4O4/c1-22-10(21)6-23-9-3-2-8(4-7(9)5-20)19-11(12(13,14)15)16-17-18-19/h2-5H,6H2,1H3. The van der Waals surface area contributed by atoms with E-state index in [0.717, 1.165) is 13.2 Å². The number of carbonyl (C=O) groups is 2. The first-order valence-electron chi connectivity index (χ1n) is 6.01. The van der Waals surface area contributed by atoms with Gasteiger partial charge in [-0.3, -0.25) is 4.79 Å². The van der Waals surface area contributed by atoms with Gasteiger partial charge in [-0.05, 0) is 28.6 Å². The lowest BCUT2D eigenvalue weighted by atomic mass is 10.2. The second-order valence-electron chi connectivity index (χ2n) is 4.12. The Morgan fingerprint density at radius 1 is 1.39 bits per heavy atom. The number of hydrogen-bond donors (Lipinski definition) is 0. The van der Waals surface area contributed by atoms with E-state index >= 15 is 0 Å². The van der Waals surface area contributed by atoms with E-state index in [1.165, 1.54) is 12.1 Å². The zero-order chi connectivity index (χ0) is 17.0. The fourth-order valence-corrected chi connectivity index (χ4v) is 1.62. The molecule has 0 saturated heterocycles. The summed E-state index contributed by atoms with van der Waals surface area (Å²) < 4.78 is 48.2. The van der Waals surface area contributed by atoms with Crippen molar-refractivity contribution < 1.29 is 32.2 Å². The molecular weight excluding hydrogens is 321 g/mol. The van der Waals surface area contributed by atoms with Crippen LogP contribution in [0.5, 0.6) is 5.75 Å². The van der Waals surface area contributed by atoms with Gasteiger partial charge in [-0.2, -0.15) is 17.9 Å². The van der Waals surface area contributed by atoms with Crippen LogP contribution in [0.3, 0.4) is 0 Å². The molecule has 0 aliphatic carbocycles. The van der Waals surface area contributed by atoms with Crippen LogP contribution in [0.15, 0.2) is 18.2 Å². The predicted molar refractivity (Wildman–Crippen MR) is 67.1 cm³/mol. The quantitative estimate of drug-likeness (QED) is 0.597. The number of ether oxygens (including phenoxy) is 2. The third-order valence-corrected chi connectivity index (χ3v) is 2.66. The van der Waals surface area contributed by atoms with Crippen LogP contribution < -0.4 is 4.74 Å². The molecule has 0 aliphatic heterocycles. The molecule has 0 amide bonds. The minimum absolute atomic E-state index is 0.00998. The number of halogens is 3. The average molecular weight is 330 g/mol. The molecular formula is C12H9F3N4O4. The summed E-state index contributed by atoms with van der Waals surface area (Å²) in [5, 5.41) is 9.13. The summed E-state index contributed by atoms with van der Waals surface area (Å²) in [4.78, 5) is 22.1. The van der Waals surface area contributed by atoms with Crippen LogP contribution in [0.25, 0.3) is 5.69 Å². The number of hydrogen-bond acceptors (Lipinski definition) is 7. The minimum atomic E-state index is -4.76. The van der Waals surface area contributed by atoms with E-state index in [2.05, 4.69) is 20.3 Å². The number of alkyl halides is 3. The van der Waals surface area contributed by atoms with Gasteiger partial charge in [-0.15, -0.1) is 5.10 Å². The highest BCUT2D eigenvalue weighted by atomic mass is 19.4. The molecule has 8 nitrogen and oxygen atoms in total. The highest BCUT2D eigenvalue weighted by Gasteiger charge is 2.38. The first kappa shape index (κ1) is 16.4. The number of aromatic nitrogens is 4. The first-order valence-corrected chi connectivity index (χ1v) is 6.01. The molecule has 122 valence electrons. The van der Waals surface area contributed by atoms with E-state index in [4.69, 9.17) is 4.74 Å². The predicted octanol–water partition coefficient (Wildman–Crippen LogP) is 1.05. The summed E-state index contributed by atoms with van der Waals surface area (Å²) in [6, 6.07) is 3.54. The maximum atomic E-state index is 12.8. The van der Waals surface area contributed by atoms with Crippen molar-refractivity contribution in [3.05, 3.63) is 29.6 Å². The van der Waals surface area contributed by atoms with Gasteiger partial charge in [0.15, 0.2) is 12.9 Å². The number of methoxy groups -OCH3 is 1. The zero-order valence-electron chi connectivity index (χ0n) is 11.6. The third kappa shape index (κ3) is 3.62. The van der Waals surface area contributed by atoms with Crippen molar-refractivity contribution in [2.75, 3.05) is 13.7 Å². The van der Waals surface area contributed by atoms with Crippen molar-refractivity contribution in [3.8, 4) is 11.4 Å². The molecule has 0 unspecified atom stereocenters. The number of benzene rings is 1. The molecule has 0 saturated carbocycles. The smallest absolute Gasteiger partial charge is 0.453 e. The van der Waals surface area contributed by atoms with Gasteiger partial charge in [0.2, 0.25) is 0 Å². The fraction of sp³-hybridized carbons (Fsp3) is 0.250. The summed E-state index contributed by atoms with van der Waals surface area (Å²) >= 11 is 0. The summed E-state index contributed by atoms with van der Waals surface area (Å²) in [6.45, 7) is -0.449. The monoisotopic (exact) mass is 330 g/mol. The van der Waals surface area contributed by atoms with Gasteiger partial charge in [-0.25, -0.2) is 4.79 Å². The Morgan fingerprint density at radius 3 is 2.74 bits per heavy atom. The van der Waals surface area contributed by atoms with Gasteiger partial charge >= 0.3 is 12.1 Å². The number of esters is 1. The molecule has 1 aromatic heterocycles. The molecule has 0 fully saturated rings. The van der Waals surface area contributed by atoms with E-state index in [1.807, 2.05) is 0 Å². The Morgan fingerprint density at radius 2 is 2.13 bits per heavy atom. The van der Waals surface area contributed by atoms with Crippen molar-refractivity contribution in [3.63, 3.8) is 0 Å². The van der Waals surface area contributed by atoms with Crippen LogP contribution in [0.2, 0.25) is 0 Å². The average Bonchev–Trinajstić information content (AvgIpc) is 3.02. The van der Waals surface area contributed by atoms with Crippen molar-refractivity contribution >= 4 is 12.3 Å². The minimum Gasteiger partial charge on any atom is -0.481 e. The summed E-state index contributed by atoms with van der Waals surface area (Å²) in [5.41, 5.74) is -0.162. The van der Waals surface area contributed by atoms with E-state index in [0.29, 0.717) is 11.0 Å². The van der Waals surface area contributed by atoms with Crippen LogP contribution in [-0.4, -0.2) is 46.2 Å². The molecule has 0 aliphatic rings. The maximum absolute atomic E-state index is 12.8. The molecule has 1 heterocycles. The van der Waals surface area contributed by atoms with Crippen molar-refractivity contribution in [1.82, 2.24) is 20.2 Å². The Bertz CT molecular complexity index is 729. The largest absolute Gasteiger partial charge is 0.481 e. The summed E-state index contributed by atoms with van der Waals surface area (Å²) in [5.74, 6) is -2.00. The lowest BCUT2D eigenvalue weighted by Gasteiger charge is -2.10. The van der Waals surface area contributed by atoms with Crippen LogP contribution in [-0.2, 0) is 15.7 Å².